The number of aromatic nitrogens is 2. The number of hydrogen-bond donors (Lipinski definition) is 1. The Balaban J connectivity index is 1.68. The second kappa shape index (κ2) is 6.59. The van der Waals surface area contributed by atoms with Gasteiger partial charge in [0.1, 0.15) is 0 Å². The van der Waals surface area contributed by atoms with Gasteiger partial charge in [-0.15, -0.1) is 11.3 Å². The first-order valence-electron chi connectivity index (χ1n) is 6.62. The van der Waals surface area contributed by atoms with E-state index in [1.54, 1.807) is 23.1 Å². The standard InChI is InChI=1S/C13H15N3O3S2/c17-12(18)6-9-8-20-5-3-16(9)7-11-14-13(19-15-11)10-2-1-4-21-10/h1-2,4,9H,3,5-8H2,(H,17,18). The molecule has 2 aromatic rings. The Hall–Kier alpha value is -1.38. The van der Waals surface area contributed by atoms with Gasteiger partial charge in [0, 0.05) is 24.1 Å². The topological polar surface area (TPSA) is 79.5 Å². The van der Waals surface area contributed by atoms with Gasteiger partial charge < -0.3 is 9.63 Å². The molecule has 3 heterocycles. The predicted octanol–water partition coefficient (Wildman–Crippen LogP) is 2.19. The van der Waals surface area contributed by atoms with Crippen molar-refractivity contribution in [2.75, 3.05) is 18.1 Å². The van der Waals surface area contributed by atoms with Crippen LogP contribution < -0.4 is 0 Å². The molecule has 8 heteroatoms. The van der Waals surface area contributed by atoms with Gasteiger partial charge >= 0.3 is 5.97 Å². The van der Waals surface area contributed by atoms with Crippen molar-refractivity contribution in [3.8, 4) is 10.8 Å². The van der Waals surface area contributed by atoms with Crippen LogP contribution in [0.25, 0.3) is 10.8 Å². The smallest absolute Gasteiger partial charge is 0.304 e. The molecule has 0 saturated carbocycles. The van der Waals surface area contributed by atoms with E-state index in [4.69, 9.17) is 9.63 Å². The number of nitrogens with zero attached hydrogens (tertiary/aromatic N) is 3. The molecule has 112 valence electrons. The maximum atomic E-state index is 10.9. The molecule has 2 aromatic heterocycles. The second-order valence-electron chi connectivity index (χ2n) is 4.79. The monoisotopic (exact) mass is 325 g/mol. The minimum Gasteiger partial charge on any atom is -0.481 e. The van der Waals surface area contributed by atoms with Crippen LogP contribution in [0.1, 0.15) is 12.2 Å². The van der Waals surface area contributed by atoms with E-state index in [1.807, 2.05) is 17.5 Å². The number of hydrogen-bond acceptors (Lipinski definition) is 7. The van der Waals surface area contributed by atoms with Gasteiger partial charge in [0.2, 0.25) is 0 Å². The van der Waals surface area contributed by atoms with E-state index in [1.165, 1.54) is 0 Å². The van der Waals surface area contributed by atoms with Gasteiger partial charge in [-0.2, -0.15) is 16.7 Å². The molecule has 0 aromatic carbocycles. The number of carbonyl (C=O) groups is 1. The summed E-state index contributed by atoms with van der Waals surface area (Å²) in [7, 11) is 0. The lowest BCUT2D eigenvalue weighted by Gasteiger charge is -2.33. The van der Waals surface area contributed by atoms with Crippen LogP contribution in [-0.2, 0) is 11.3 Å². The van der Waals surface area contributed by atoms with Crippen LogP contribution >= 0.6 is 23.1 Å². The fraction of sp³-hybridized carbons (Fsp3) is 0.462. The quantitative estimate of drug-likeness (QED) is 0.902. The van der Waals surface area contributed by atoms with Gasteiger partial charge in [-0.1, -0.05) is 11.2 Å². The van der Waals surface area contributed by atoms with Gasteiger partial charge in [-0.05, 0) is 11.4 Å². The molecule has 3 rings (SSSR count). The zero-order chi connectivity index (χ0) is 14.7. The lowest BCUT2D eigenvalue weighted by atomic mass is 10.2. The summed E-state index contributed by atoms with van der Waals surface area (Å²) in [6.45, 7) is 1.39. The Morgan fingerprint density at radius 3 is 3.24 bits per heavy atom. The minimum atomic E-state index is -0.764. The molecule has 1 N–H and O–H groups in total. The van der Waals surface area contributed by atoms with Crippen molar-refractivity contribution in [3.63, 3.8) is 0 Å². The first-order chi connectivity index (χ1) is 10.2. The molecule has 0 bridgehead atoms. The number of rotatable bonds is 5. The third-order valence-corrected chi connectivity index (χ3v) is 5.25. The molecule has 0 radical (unpaired) electrons. The maximum Gasteiger partial charge on any atom is 0.304 e. The third-order valence-electron chi connectivity index (χ3n) is 3.30. The maximum absolute atomic E-state index is 10.9. The Labute approximate surface area is 130 Å². The van der Waals surface area contributed by atoms with Crippen molar-refractivity contribution in [3.05, 3.63) is 23.3 Å². The van der Waals surface area contributed by atoms with Gasteiger partial charge in [0.15, 0.2) is 5.82 Å². The summed E-state index contributed by atoms with van der Waals surface area (Å²) in [5.74, 6) is 2.22. The van der Waals surface area contributed by atoms with Crippen LogP contribution in [0.3, 0.4) is 0 Å². The Kier molecular flexibility index (Phi) is 4.57. The summed E-state index contributed by atoms with van der Waals surface area (Å²) in [5, 5.41) is 15.0. The zero-order valence-electron chi connectivity index (χ0n) is 11.3. The number of thiophene rings is 1. The van der Waals surface area contributed by atoms with E-state index < -0.39 is 5.97 Å². The Morgan fingerprint density at radius 2 is 2.48 bits per heavy atom. The molecule has 1 aliphatic heterocycles. The van der Waals surface area contributed by atoms with E-state index in [2.05, 4.69) is 15.0 Å². The van der Waals surface area contributed by atoms with Crippen molar-refractivity contribution < 1.29 is 14.4 Å². The van der Waals surface area contributed by atoms with Gasteiger partial charge in [0.05, 0.1) is 17.8 Å². The number of aliphatic carboxylic acids is 1. The summed E-state index contributed by atoms with van der Waals surface area (Å²) in [5.41, 5.74) is 0. The first-order valence-corrected chi connectivity index (χ1v) is 8.66. The molecule has 0 spiro atoms. The highest BCUT2D eigenvalue weighted by atomic mass is 32.2. The summed E-state index contributed by atoms with van der Waals surface area (Å²) in [6, 6.07) is 3.91. The lowest BCUT2D eigenvalue weighted by molar-refractivity contribution is -0.138. The molecule has 0 amide bonds. The highest BCUT2D eigenvalue weighted by Crippen LogP contribution is 2.24. The largest absolute Gasteiger partial charge is 0.481 e. The molecule has 1 unspecified atom stereocenters. The molecule has 0 aliphatic carbocycles. The second-order valence-corrected chi connectivity index (χ2v) is 6.89. The number of carboxylic acids is 1. The van der Waals surface area contributed by atoms with Crippen LogP contribution in [0.4, 0.5) is 0 Å². The van der Waals surface area contributed by atoms with Gasteiger partial charge in [-0.3, -0.25) is 9.69 Å². The fourth-order valence-corrected chi connectivity index (χ4v) is 4.06. The van der Waals surface area contributed by atoms with E-state index in [9.17, 15) is 4.79 Å². The molecule has 1 atom stereocenters. The van der Waals surface area contributed by atoms with E-state index in [0.29, 0.717) is 18.3 Å². The minimum absolute atomic E-state index is 0.0323. The van der Waals surface area contributed by atoms with Crippen LogP contribution in [0.5, 0.6) is 0 Å². The normalized spacial score (nSPS) is 19.7. The molecule has 6 nitrogen and oxygen atoms in total. The van der Waals surface area contributed by atoms with Crippen LogP contribution in [-0.4, -0.2) is 50.2 Å². The summed E-state index contributed by atoms with van der Waals surface area (Å²) >= 11 is 3.35. The van der Waals surface area contributed by atoms with Crippen LogP contribution in [0, 0.1) is 0 Å². The van der Waals surface area contributed by atoms with Crippen molar-refractivity contribution in [2.45, 2.75) is 19.0 Å². The third kappa shape index (κ3) is 3.63. The average Bonchev–Trinajstić information content (AvgIpc) is 3.11. The van der Waals surface area contributed by atoms with E-state index in [0.717, 1.165) is 22.9 Å². The van der Waals surface area contributed by atoms with Crippen molar-refractivity contribution >= 4 is 29.1 Å². The summed E-state index contributed by atoms with van der Waals surface area (Å²) < 4.78 is 5.27. The van der Waals surface area contributed by atoms with Crippen molar-refractivity contribution in [2.24, 2.45) is 0 Å². The molecule has 1 saturated heterocycles. The summed E-state index contributed by atoms with van der Waals surface area (Å²) in [4.78, 5) is 18.4. The lowest BCUT2D eigenvalue weighted by Crippen LogP contribution is -2.43. The molecule has 21 heavy (non-hydrogen) atoms. The molecular weight excluding hydrogens is 310 g/mol. The molecular formula is C13H15N3O3S2. The van der Waals surface area contributed by atoms with Gasteiger partial charge in [-0.25, -0.2) is 0 Å². The Morgan fingerprint density at radius 1 is 1.57 bits per heavy atom. The zero-order valence-corrected chi connectivity index (χ0v) is 12.9. The van der Waals surface area contributed by atoms with E-state index >= 15 is 0 Å². The van der Waals surface area contributed by atoms with Gasteiger partial charge in [0.25, 0.3) is 5.89 Å². The SMILES string of the molecule is O=C(O)CC1CSCCN1Cc1noc(-c2cccs2)n1. The molecule has 1 aliphatic rings. The molecule has 1 fully saturated rings. The number of carboxylic acid groups (broad SMARTS) is 1. The van der Waals surface area contributed by atoms with Crippen LogP contribution in [0.2, 0.25) is 0 Å². The number of thioether (sulfide) groups is 1. The van der Waals surface area contributed by atoms with E-state index in [-0.39, 0.29) is 12.5 Å². The fourth-order valence-electron chi connectivity index (χ4n) is 2.29. The summed E-state index contributed by atoms with van der Waals surface area (Å²) in [6.07, 6.45) is 0.155. The Bertz CT molecular complexity index is 600. The van der Waals surface area contributed by atoms with Crippen molar-refractivity contribution in [1.29, 1.82) is 0 Å². The highest BCUT2D eigenvalue weighted by molar-refractivity contribution is 7.99. The predicted molar refractivity (Wildman–Crippen MR) is 81.4 cm³/mol. The van der Waals surface area contributed by atoms with Crippen molar-refractivity contribution in [1.82, 2.24) is 15.0 Å². The average molecular weight is 325 g/mol. The first kappa shape index (κ1) is 14.6. The highest BCUT2D eigenvalue weighted by Gasteiger charge is 2.26. The van der Waals surface area contributed by atoms with Crippen LogP contribution in [0.15, 0.2) is 22.0 Å².